The summed E-state index contributed by atoms with van der Waals surface area (Å²) in [7, 11) is 1.25. The van der Waals surface area contributed by atoms with Gasteiger partial charge in [-0.2, -0.15) is 31.4 Å². The molecule has 0 fully saturated rings. The van der Waals surface area contributed by atoms with Crippen LogP contribution < -0.4 is 0 Å². The van der Waals surface area contributed by atoms with Crippen LogP contribution in [0.15, 0.2) is 30.3 Å². The molecule has 0 saturated heterocycles. The van der Waals surface area contributed by atoms with Crippen LogP contribution in [0, 0.1) is 0 Å². The van der Waals surface area contributed by atoms with Crippen LogP contribution in [0.1, 0.15) is 23.7 Å². The van der Waals surface area contributed by atoms with E-state index in [0.717, 1.165) is 22.9 Å². The Balaban J connectivity index is 2.32. The predicted octanol–water partition coefficient (Wildman–Crippen LogP) is 7.37. The summed E-state index contributed by atoms with van der Waals surface area (Å²) in [6.45, 7) is 1.68. The number of nitrogens with zero attached hydrogens (tertiary/aromatic N) is 2. The molecule has 3 nitrogen and oxygen atoms in total. The summed E-state index contributed by atoms with van der Waals surface area (Å²) in [5.41, 5.74) is -2.25. The normalized spacial score (nSPS) is 12.5. The molecule has 0 aliphatic rings. The van der Waals surface area contributed by atoms with Gasteiger partial charge >= 0.3 is 12.4 Å². The van der Waals surface area contributed by atoms with Crippen molar-refractivity contribution in [1.29, 1.82) is 0 Å². The van der Waals surface area contributed by atoms with Crippen LogP contribution >= 0.6 is 23.2 Å². The summed E-state index contributed by atoms with van der Waals surface area (Å²) in [5, 5.41) is 13.9. The number of phenols is 1. The Morgan fingerprint density at radius 3 is 2.13 bits per heavy atom. The highest BCUT2D eigenvalue weighted by atomic mass is 35.5. The zero-order valence-corrected chi connectivity index (χ0v) is 17.5. The first-order valence-electron chi connectivity index (χ1n) is 8.78. The summed E-state index contributed by atoms with van der Waals surface area (Å²) in [6.07, 6.45) is -9.23. The fourth-order valence-corrected chi connectivity index (χ4v) is 3.85. The molecule has 31 heavy (non-hydrogen) atoms. The van der Waals surface area contributed by atoms with E-state index in [-0.39, 0.29) is 33.8 Å². The van der Waals surface area contributed by atoms with Gasteiger partial charge in [-0.05, 0) is 41.8 Å². The molecular weight excluding hydrogens is 469 g/mol. The monoisotopic (exact) mass is 482 g/mol. The Morgan fingerprint density at radius 1 is 0.968 bits per heavy atom. The largest absolute Gasteiger partial charge is 0.507 e. The molecule has 1 heterocycles. The molecule has 0 saturated carbocycles. The standard InChI is InChI=1S/C20H14Cl2F6N2O/c1-3-10-14(22)7-11(15-8-16(20(26,27)28)29-30(15)2)18(31)17(10)9-4-5-13(21)12(6-9)19(23,24)25/h4-8,31H,3H2,1-2H3. The second-order valence-electron chi connectivity index (χ2n) is 6.69. The van der Waals surface area contributed by atoms with Gasteiger partial charge in [0.05, 0.1) is 16.3 Å². The Labute approximate surface area is 182 Å². The number of aryl methyl sites for hydroxylation is 1. The average Bonchev–Trinajstić information content (AvgIpc) is 3.04. The average molecular weight is 483 g/mol. The molecule has 0 atom stereocenters. The number of rotatable bonds is 3. The van der Waals surface area contributed by atoms with Crippen LogP contribution in [0.2, 0.25) is 10.0 Å². The summed E-state index contributed by atoms with van der Waals surface area (Å²) < 4.78 is 80.0. The van der Waals surface area contributed by atoms with Crippen molar-refractivity contribution >= 4 is 23.2 Å². The van der Waals surface area contributed by atoms with E-state index in [0.29, 0.717) is 5.56 Å². The lowest BCUT2D eigenvalue weighted by Gasteiger charge is -2.18. The minimum Gasteiger partial charge on any atom is -0.507 e. The minimum atomic E-state index is -4.75. The second-order valence-corrected chi connectivity index (χ2v) is 7.50. The Morgan fingerprint density at radius 2 is 1.61 bits per heavy atom. The lowest BCUT2D eigenvalue weighted by atomic mass is 9.92. The van der Waals surface area contributed by atoms with Crippen molar-refractivity contribution in [2.45, 2.75) is 25.7 Å². The van der Waals surface area contributed by atoms with Crippen molar-refractivity contribution in [2.75, 3.05) is 0 Å². The Hall–Kier alpha value is -2.39. The van der Waals surface area contributed by atoms with Crippen molar-refractivity contribution in [3.63, 3.8) is 0 Å². The van der Waals surface area contributed by atoms with Crippen LogP contribution in [0.5, 0.6) is 5.75 Å². The molecule has 3 rings (SSSR count). The maximum absolute atomic E-state index is 13.3. The van der Waals surface area contributed by atoms with Crippen LogP contribution in [0.4, 0.5) is 26.3 Å². The van der Waals surface area contributed by atoms with Gasteiger partial charge in [-0.25, -0.2) is 0 Å². The fourth-order valence-electron chi connectivity index (χ4n) is 3.29. The highest BCUT2D eigenvalue weighted by Gasteiger charge is 2.36. The van der Waals surface area contributed by atoms with Gasteiger partial charge in [-0.1, -0.05) is 36.2 Å². The van der Waals surface area contributed by atoms with E-state index in [4.69, 9.17) is 23.2 Å². The molecule has 11 heteroatoms. The molecule has 0 unspecified atom stereocenters. The lowest BCUT2D eigenvalue weighted by Crippen LogP contribution is -2.06. The first-order valence-corrected chi connectivity index (χ1v) is 9.54. The zero-order chi connectivity index (χ0) is 23.3. The maximum Gasteiger partial charge on any atom is 0.435 e. The van der Waals surface area contributed by atoms with Gasteiger partial charge in [0.15, 0.2) is 5.69 Å². The maximum atomic E-state index is 13.3. The van der Waals surface area contributed by atoms with Gasteiger partial charge in [-0.3, -0.25) is 4.68 Å². The zero-order valence-electron chi connectivity index (χ0n) is 16.0. The van der Waals surface area contributed by atoms with E-state index in [1.54, 1.807) is 6.92 Å². The second kappa shape index (κ2) is 7.94. The molecule has 2 aromatic carbocycles. The third kappa shape index (κ3) is 4.34. The lowest BCUT2D eigenvalue weighted by molar-refractivity contribution is -0.141. The van der Waals surface area contributed by atoms with Gasteiger partial charge in [0.25, 0.3) is 0 Å². The number of hydrogen-bond acceptors (Lipinski definition) is 2. The molecule has 0 radical (unpaired) electrons. The summed E-state index contributed by atoms with van der Waals surface area (Å²) >= 11 is 12.0. The molecule has 0 aliphatic heterocycles. The smallest absolute Gasteiger partial charge is 0.435 e. The van der Waals surface area contributed by atoms with Gasteiger partial charge in [-0.15, -0.1) is 0 Å². The molecule has 166 valence electrons. The van der Waals surface area contributed by atoms with Crippen LogP contribution in [0.3, 0.4) is 0 Å². The first-order chi connectivity index (χ1) is 14.3. The van der Waals surface area contributed by atoms with E-state index >= 15 is 0 Å². The first kappa shape index (κ1) is 23.3. The summed E-state index contributed by atoms with van der Waals surface area (Å²) in [6, 6.07) is 5.06. The number of aromatic nitrogens is 2. The van der Waals surface area contributed by atoms with Crippen LogP contribution in [-0.4, -0.2) is 14.9 Å². The summed E-state index contributed by atoms with van der Waals surface area (Å²) in [5.74, 6) is -0.520. The summed E-state index contributed by atoms with van der Waals surface area (Å²) in [4.78, 5) is 0. The number of halogens is 8. The molecular formula is C20H14Cl2F6N2O. The Kier molecular flexibility index (Phi) is 5.96. The van der Waals surface area contributed by atoms with Gasteiger partial charge in [0.2, 0.25) is 0 Å². The topological polar surface area (TPSA) is 38.0 Å². The SMILES string of the molecule is CCc1c(Cl)cc(-c2cc(C(F)(F)F)nn2C)c(O)c1-c1ccc(Cl)c(C(F)(F)F)c1. The predicted molar refractivity (Wildman–Crippen MR) is 105 cm³/mol. The van der Waals surface area contributed by atoms with E-state index in [9.17, 15) is 31.4 Å². The van der Waals surface area contributed by atoms with Crippen molar-refractivity contribution < 1.29 is 31.4 Å². The number of alkyl halides is 6. The highest BCUT2D eigenvalue weighted by molar-refractivity contribution is 6.32. The minimum absolute atomic E-state index is 0.0260. The molecule has 0 aliphatic carbocycles. The van der Waals surface area contributed by atoms with E-state index < -0.39 is 34.4 Å². The third-order valence-corrected chi connectivity index (χ3v) is 5.38. The van der Waals surface area contributed by atoms with Crippen molar-refractivity contribution in [2.24, 2.45) is 7.05 Å². The quantitative estimate of drug-likeness (QED) is 0.395. The number of benzene rings is 2. The number of aromatic hydroxyl groups is 1. The number of hydrogen-bond donors (Lipinski definition) is 1. The Bertz CT molecular complexity index is 1150. The van der Waals surface area contributed by atoms with Crippen molar-refractivity contribution in [3.05, 3.63) is 57.2 Å². The molecule has 0 bridgehead atoms. The number of phenolic OH excluding ortho intramolecular Hbond substituents is 1. The fraction of sp³-hybridized carbons (Fsp3) is 0.250. The molecule has 1 aromatic heterocycles. The van der Waals surface area contributed by atoms with E-state index in [2.05, 4.69) is 5.10 Å². The van der Waals surface area contributed by atoms with Crippen molar-refractivity contribution in [1.82, 2.24) is 9.78 Å². The molecule has 3 aromatic rings. The van der Waals surface area contributed by atoms with E-state index in [1.807, 2.05) is 0 Å². The highest BCUT2D eigenvalue weighted by Crippen LogP contribution is 2.46. The van der Waals surface area contributed by atoms with E-state index in [1.165, 1.54) is 19.2 Å². The third-order valence-electron chi connectivity index (χ3n) is 4.71. The van der Waals surface area contributed by atoms with Crippen LogP contribution in [-0.2, 0) is 25.8 Å². The molecule has 1 N–H and O–H groups in total. The van der Waals surface area contributed by atoms with Gasteiger partial charge in [0, 0.05) is 23.2 Å². The molecule has 0 spiro atoms. The van der Waals surface area contributed by atoms with Crippen LogP contribution in [0.25, 0.3) is 22.4 Å². The van der Waals surface area contributed by atoms with Crippen molar-refractivity contribution in [3.8, 4) is 28.1 Å². The van der Waals surface area contributed by atoms with Gasteiger partial charge in [0.1, 0.15) is 5.75 Å². The molecule has 0 amide bonds. The van der Waals surface area contributed by atoms with Gasteiger partial charge < -0.3 is 5.11 Å².